The SMILES string of the molecule is COC[C@@H]1CCCN1N[C@H](C)[C@@H](C(C)C)P(c1ccccc1)c1ccccc1. The van der Waals surface area contributed by atoms with Crippen LogP contribution in [-0.2, 0) is 4.74 Å². The Morgan fingerprint density at radius 2 is 1.57 bits per heavy atom. The summed E-state index contributed by atoms with van der Waals surface area (Å²) in [6.45, 7) is 9.03. The van der Waals surface area contributed by atoms with Crippen LogP contribution in [0.1, 0.15) is 33.6 Å². The van der Waals surface area contributed by atoms with Crippen molar-refractivity contribution in [2.45, 2.75) is 51.4 Å². The quantitative estimate of drug-likeness (QED) is 0.643. The van der Waals surface area contributed by atoms with Gasteiger partial charge in [0, 0.05) is 31.4 Å². The van der Waals surface area contributed by atoms with Gasteiger partial charge in [0.25, 0.3) is 0 Å². The molecule has 0 aliphatic carbocycles. The Kier molecular flexibility index (Phi) is 8.05. The van der Waals surface area contributed by atoms with Crippen LogP contribution in [0.4, 0.5) is 0 Å². The number of benzene rings is 2. The van der Waals surface area contributed by atoms with Crippen LogP contribution in [0.25, 0.3) is 0 Å². The summed E-state index contributed by atoms with van der Waals surface area (Å²) >= 11 is 0. The van der Waals surface area contributed by atoms with E-state index in [0.29, 0.717) is 23.7 Å². The molecule has 3 atom stereocenters. The summed E-state index contributed by atoms with van der Waals surface area (Å²) in [5.41, 5.74) is 4.43. The Morgan fingerprint density at radius 1 is 1.00 bits per heavy atom. The normalized spacial score (nSPS) is 20.0. The molecule has 1 aliphatic heterocycles. The summed E-state index contributed by atoms with van der Waals surface area (Å²) in [6.07, 6.45) is 2.46. The fourth-order valence-corrected chi connectivity index (χ4v) is 7.56. The number of hydrogen-bond donors (Lipinski definition) is 1. The summed E-state index contributed by atoms with van der Waals surface area (Å²) in [6, 6.07) is 23.1. The summed E-state index contributed by atoms with van der Waals surface area (Å²) in [7, 11) is 1.35. The van der Waals surface area contributed by atoms with Crippen molar-refractivity contribution >= 4 is 18.5 Å². The number of hydrogen-bond acceptors (Lipinski definition) is 3. The highest BCUT2D eigenvalue weighted by Crippen LogP contribution is 2.44. The molecule has 152 valence electrons. The van der Waals surface area contributed by atoms with E-state index in [0.717, 1.165) is 13.2 Å². The van der Waals surface area contributed by atoms with Gasteiger partial charge in [0.2, 0.25) is 0 Å². The van der Waals surface area contributed by atoms with E-state index >= 15 is 0 Å². The maximum absolute atomic E-state index is 5.45. The predicted octanol–water partition coefficient (Wildman–Crippen LogP) is 4.15. The first-order valence-electron chi connectivity index (χ1n) is 10.5. The molecule has 2 aromatic carbocycles. The van der Waals surface area contributed by atoms with E-state index in [1.807, 2.05) is 0 Å². The summed E-state index contributed by atoms with van der Waals surface area (Å²) in [5, 5.41) is 5.37. The zero-order valence-electron chi connectivity index (χ0n) is 17.7. The molecule has 0 bridgehead atoms. The van der Waals surface area contributed by atoms with Crippen LogP contribution in [0.2, 0.25) is 0 Å². The number of rotatable bonds is 9. The number of hydrazine groups is 1. The molecule has 1 fully saturated rings. The molecule has 28 heavy (non-hydrogen) atoms. The smallest absolute Gasteiger partial charge is 0.0632 e. The summed E-state index contributed by atoms with van der Waals surface area (Å²) in [4.78, 5) is 0. The van der Waals surface area contributed by atoms with Gasteiger partial charge in [0.1, 0.15) is 0 Å². The topological polar surface area (TPSA) is 24.5 Å². The Balaban J connectivity index is 1.88. The average molecular weight is 399 g/mol. The molecule has 3 rings (SSSR count). The average Bonchev–Trinajstić information content (AvgIpc) is 3.14. The largest absolute Gasteiger partial charge is 0.383 e. The van der Waals surface area contributed by atoms with Crippen molar-refractivity contribution in [3.05, 3.63) is 60.7 Å². The monoisotopic (exact) mass is 398 g/mol. The molecule has 2 aromatic rings. The first kappa shape index (κ1) is 21.5. The van der Waals surface area contributed by atoms with Crippen LogP contribution in [0.15, 0.2) is 60.7 Å². The zero-order valence-corrected chi connectivity index (χ0v) is 18.6. The van der Waals surface area contributed by atoms with Crippen molar-refractivity contribution in [2.75, 3.05) is 20.3 Å². The van der Waals surface area contributed by atoms with Gasteiger partial charge >= 0.3 is 0 Å². The Bertz CT molecular complexity index is 655. The predicted molar refractivity (Wildman–Crippen MR) is 122 cm³/mol. The Morgan fingerprint density at radius 3 is 2.07 bits per heavy atom. The molecule has 1 N–H and O–H groups in total. The highest BCUT2D eigenvalue weighted by molar-refractivity contribution is 7.73. The highest BCUT2D eigenvalue weighted by atomic mass is 31.1. The van der Waals surface area contributed by atoms with Crippen LogP contribution in [0, 0.1) is 5.92 Å². The van der Waals surface area contributed by atoms with Gasteiger partial charge in [-0.25, -0.2) is 5.01 Å². The maximum Gasteiger partial charge on any atom is 0.0632 e. The second-order valence-corrected chi connectivity index (χ2v) is 10.5. The third kappa shape index (κ3) is 5.21. The standard InChI is InChI=1S/C24H35N2OP/c1-19(2)24(20(3)25-26-17-11-12-21(26)18-27-4)28(22-13-7-5-8-14-22)23-15-9-6-10-16-23/h5-10,13-16,19-21,24-25H,11-12,17-18H2,1-4H3/t20-,21+,24-/m1/s1. The van der Waals surface area contributed by atoms with Gasteiger partial charge in [-0.3, -0.25) is 5.43 Å². The molecule has 1 aliphatic rings. The molecular formula is C24H35N2OP. The molecule has 0 aromatic heterocycles. The Hall–Kier alpha value is -1.25. The van der Waals surface area contributed by atoms with Crippen molar-refractivity contribution in [3.63, 3.8) is 0 Å². The molecule has 0 radical (unpaired) electrons. The molecule has 1 saturated heterocycles. The van der Waals surface area contributed by atoms with E-state index in [-0.39, 0.29) is 0 Å². The lowest BCUT2D eigenvalue weighted by Gasteiger charge is -2.39. The fraction of sp³-hybridized carbons (Fsp3) is 0.500. The zero-order chi connectivity index (χ0) is 19.9. The summed E-state index contributed by atoms with van der Waals surface area (Å²) in [5.74, 6) is 0.581. The molecule has 0 unspecified atom stereocenters. The minimum Gasteiger partial charge on any atom is -0.383 e. The van der Waals surface area contributed by atoms with E-state index in [2.05, 4.69) is 91.9 Å². The van der Waals surface area contributed by atoms with Crippen LogP contribution in [0.5, 0.6) is 0 Å². The molecule has 0 amide bonds. The van der Waals surface area contributed by atoms with Gasteiger partial charge in [-0.15, -0.1) is 0 Å². The number of nitrogens with zero attached hydrogens (tertiary/aromatic N) is 1. The number of methoxy groups -OCH3 is 1. The van der Waals surface area contributed by atoms with Crippen molar-refractivity contribution in [1.82, 2.24) is 10.4 Å². The first-order valence-corrected chi connectivity index (χ1v) is 11.9. The maximum atomic E-state index is 5.45. The number of nitrogens with one attached hydrogen (secondary N) is 1. The minimum absolute atomic E-state index is 0.393. The van der Waals surface area contributed by atoms with E-state index in [1.165, 1.54) is 23.5 Å². The summed E-state index contributed by atoms with van der Waals surface area (Å²) < 4.78 is 5.45. The van der Waals surface area contributed by atoms with Gasteiger partial charge in [-0.1, -0.05) is 74.5 Å². The van der Waals surface area contributed by atoms with E-state index in [1.54, 1.807) is 7.11 Å². The van der Waals surface area contributed by atoms with E-state index in [4.69, 9.17) is 4.74 Å². The van der Waals surface area contributed by atoms with Crippen molar-refractivity contribution < 1.29 is 4.74 Å². The highest BCUT2D eigenvalue weighted by Gasteiger charge is 2.34. The molecule has 3 nitrogen and oxygen atoms in total. The Labute approximate surface area is 172 Å². The van der Waals surface area contributed by atoms with Crippen molar-refractivity contribution in [1.29, 1.82) is 0 Å². The van der Waals surface area contributed by atoms with Crippen LogP contribution in [0.3, 0.4) is 0 Å². The molecule has 4 heteroatoms. The second kappa shape index (κ2) is 10.5. The lowest BCUT2D eigenvalue weighted by Crippen LogP contribution is -2.53. The van der Waals surface area contributed by atoms with Crippen LogP contribution < -0.4 is 16.0 Å². The van der Waals surface area contributed by atoms with Crippen LogP contribution in [-0.4, -0.2) is 43.0 Å². The lowest BCUT2D eigenvalue weighted by molar-refractivity contribution is 0.0710. The second-order valence-electron chi connectivity index (χ2n) is 8.14. The third-order valence-electron chi connectivity index (χ3n) is 5.67. The third-order valence-corrected chi connectivity index (χ3v) is 9.02. The van der Waals surface area contributed by atoms with Gasteiger partial charge in [0.05, 0.1) is 6.61 Å². The fourth-order valence-electron chi connectivity index (χ4n) is 4.48. The van der Waals surface area contributed by atoms with Gasteiger partial charge in [-0.2, -0.15) is 0 Å². The molecular weight excluding hydrogens is 363 g/mol. The molecule has 1 heterocycles. The number of ether oxygens (including phenoxy) is 1. The molecule has 0 spiro atoms. The van der Waals surface area contributed by atoms with E-state index in [9.17, 15) is 0 Å². The van der Waals surface area contributed by atoms with Gasteiger partial charge in [-0.05, 0) is 44.2 Å². The van der Waals surface area contributed by atoms with Crippen LogP contribution >= 0.6 is 7.92 Å². The lowest BCUT2D eigenvalue weighted by atomic mass is 10.0. The first-order chi connectivity index (χ1) is 13.6. The van der Waals surface area contributed by atoms with Crippen molar-refractivity contribution in [3.8, 4) is 0 Å². The van der Waals surface area contributed by atoms with Crippen molar-refractivity contribution in [2.24, 2.45) is 5.92 Å². The minimum atomic E-state index is -0.456. The van der Waals surface area contributed by atoms with Gasteiger partial charge < -0.3 is 4.74 Å². The van der Waals surface area contributed by atoms with Gasteiger partial charge in [0.15, 0.2) is 0 Å². The van der Waals surface area contributed by atoms with E-state index < -0.39 is 7.92 Å². The molecule has 0 saturated carbocycles.